The highest BCUT2D eigenvalue weighted by Gasteiger charge is 2.16. The maximum absolute atomic E-state index is 12.3. The molecule has 0 bridgehead atoms. The minimum atomic E-state index is -0.0813. The standard InChI is InChI=1S/C13H20ClN5O/c1-18(6-7-19-4-2-3-5-19)13(20)10-8-11(14)12(17-15)16-9-10/h8-9H,2-7,15H2,1H3,(H,16,17). The normalized spacial score (nSPS) is 15.3. The van der Waals surface area contributed by atoms with Gasteiger partial charge in [0.25, 0.3) is 5.91 Å². The number of nitrogens with one attached hydrogen (secondary N) is 1. The second kappa shape index (κ2) is 6.88. The fourth-order valence-corrected chi connectivity index (χ4v) is 2.50. The number of amides is 1. The van der Waals surface area contributed by atoms with Crippen LogP contribution in [0.5, 0.6) is 0 Å². The Bertz CT molecular complexity index is 476. The zero-order chi connectivity index (χ0) is 14.5. The summed E-state index contributed by atoms with van der Waals surface area (Å²) in [6.07, 6.45) is 3.99. The van der Waals surface area contributed by atoms with Crippen LogP contribution in [0.25, 0.3) is 0 Å². The molecule has 7 heteroatoms. The quantitative estimate of drug-likeness (QED) is 0.631. The molecule has 0 radical (unpaired) electrons. The molecule has 20 heavy (non-hydrogen) atoms. The molecule has 0 spiro atoms. The van der Waals surface area contributed by atoms with Gasteiger partial charge in [-0.25, -0.2) is 10.8 Å². The number of nitrogens with two attached hydrogens (primary N) is 1. The number of halogens is 1. The van der Waals surface area contributed by atoms with Crippen molar-refractivity contribution in [3.8, 4) is 0 Å². The Morgan fingerprint density at radius 2 is 2.25 bits per heavy atom. The summed E-state index contributed by atoms with van der Waals surface area (Å²) in [7, 11) is 1.79. The molecule has 1 aromatic rings. The lowest BCUT2D eigenvalue weighted by Crippen LogP contribution is -2.35. The van der Waals surface area contributed by atoms with Crippen molar-refractivity contribution in [2.24, 2.45) is 5.84 Å². The lowest BCUT2D eigenvalue weighted by Gasteiger charge is -2.21. The highest BCUT2D eigenvalue weighted by Crippen LogP contribution is 2.19. The van der Waals surface area contributed by atoms with E-state index in [1.54, 1.807) is 18.0 Å². The van der Waals surface area contributed by atoms with Crippen LogP contribution in [-0.2, 0) is 0 Å². The van der Waals surface area contributed by atoms with E-state index >= 15 is 0 Å². The van der Waals surface area contributed by atoms with Crippen molar-refractivity contribution in [1.82, 2.24) is 14.8 Å². The molecule has 110 valence electrons. The molecule has 1 aliphatic heterocycles. The lowest BCUT2D eigenvalue weighted by atomic mass is 10.2. The minimum Gasteiger partial charge on any atom is -0.340 e. The first-order valence-electron chi connectivity index (χ1n) is 6.72. The number of carbonyl (C=O) groups excluding carboxylic acids is 1. The van der Waals surface area contributed by atoms with Crippen LogP contribution in [0.15, 0.2) is 12.3 Å². The number of pyridine rings is 1. The van der Waals surface area contributed by atoms with Gasteiger partial charge in [0, 0.05) is 26.3 Å². The Morgan fingerprint density at radius 3 is 2.85 bits per heavy atom. The van der Waals surface area contributed by atoms with Gasteiger partial charge < -0.3 is 15.2 Å². The van der Waals surface area contributed by atoms with E-state index in [0.717, 1.165) is 19.6 Å². The van der Waals surface area contributed by atoms with E-state index in [9.17, 15) is 4.79 Å². The summed E-state index contributed by atoms with van der Waals surface area (Å²) < 4.78 is 0. The predicted molar refractivity (Wildman–Crippen MR) is 79.7 cm³/mol. The van der Waals surface area contributed by atoms with E-state index in [1.165, 1.54) is 19.0 Å². The molecule has 1 amide bonds. The summed E-state index contributed by atoms with van der Waals surface area (Å²) in [4.78, 5) is 20.3. The summed E-state index contributed by atoms with van der Waals surface area (Å²) in [5.74, 6) is 5.54. The van der Waals surface area contributed by atoms with Gasteiger partial charge in [0.05, 0.1) is 10.6 Å². The number of nitrogen functional groups attached to an aromatic ring is 1. The van der Waals surface area contributed by atoms with Gasteiger partial charge in [0.2, 0.25) is 0 Å². The second-order valence-corrected chi connectivity index (χ2v) is 5.38. The van der Waals surface area contributed by atoms with E-state index < -0.39 is 0 Å². The molecule has 0 atom stereocenters. The molecule has 1 fully saturated rings. The largest absolute Gasteiger partial charge is 0.340 e. The van der Waals surface area contributed by atoms with Crippen molar-refractivity contribution < 1.29 is 4.79 Å². The van der Waals surface area contributed by atoms with E-state index in [0.29, 0.717) is 22.9 Å². The summed E-state index contributed by atoms with van der Waals surface area (Å²) in [6, 6.07) is 1.58. The summed E-state index contributed by atoms with van der Waals surface area (Å²) in [6.45, 7) is 3.87. The van der Waals surface area contributed by atoms with Gasteiger partial charge in [-0.15, -0.1) is 0 Å². The van der Waals surface area contributed by atoms with E-state index in [-0.39, 0.29) is 5.91 Å². The van der Waals surface area contributed by atoms with Crippen molar-refractivity contribution in [3.05, 3.63) is 22.8 Å². The van der Waals surface area contributed by atoms with Gasteiger partial charge >= 0.3 is 0 Å². The van der Waals surface area contributed by atoms with Gasteiger partial charge in [0.15, 0.2) is 5.82 Å². The van der Waals surface area contributed by atoms with Gasteiger partial charge in [0.1, 0.15) is 0 Å². The topological polar surface area (TPSA) is 74.5 Å². The highest BCUT2D eigenvalue weighted by atomic mass is 35.5. The molecule has 6 nitrogen and oxygen atoms in total. The van der Waals surface area contributed by atoms with E-state index in [1.807, 2.05) is 0 Å². The van der Waals surface area contributed by atoms with Gasteiger partial charge in [-0.2, -0.15) is 0 Å². The number of rotatable bonds is 5. The maximum atomic E-state index is 12.3. The zero-order valence-corrected chi connectivity index (χ0v) is 12.4. The first-order valence-corrected chi connectivity index (χ1v) is 7.09. The summed E-state index contributed by atoms with van der Waals surface area (Å²) in [5.41, 5.74) is 2.85. The monoisotopic (exact) mass is 297 g/mol. The Morgan fingerprint density at radius 1 is 1.55 bits per heavy atom. The van der Waals surface area contributed by atoms with Crippen LogP contribution in [0, 0.1) is 0 Å². The third-order valence-corrected chi connectivity index (χ3v) is 3.81. The van der Waals surface area contributed by atoms with Crippen LogP contribution in [-0.4, -0.2) is 53.9 Å². The van der Waals surface area contributed by atoms with Crippen molar-refractivity contribution in [3.63, 3.8) is 0 Å². The third kappa shape index (κ3) is 3.59. The van der Waals surface area contributed by atoms with E-state index in [2.05, 4.69) is 15.3 Å². The SMILES string of the molecule is CN(CCN1CCCC1)C(=O)c1cnc(NN)c(Cl)c1. The number of anilines is 1. The molecule has 0 saturated carbocycles. The van der Waals surface area contributed by atoms with E-state index in [4.69, 9.17) is 17.4 Å². The van der Waals surface area contributed by atoms with Crippen LogP contribution >= 0.6 is 11.6 Å². The second-order valence-electron chi connectivity index (χ2n) is 4.97. The molecule has 0 aromatic carbocycles. The first-order chi connectivity index (χ1) is 9.61. The first kappa shape index (κ1) is 15.0. The number of likely N-dealkylation sites (tertiary alicyclic amines) is 1. The average Bonchev–Trinajstić information content (AvgIpc) is 2.97. The van der Waals surface area contributed by atoms with Crippen LogP contribution in [0.1, 0.15) is 23.2 Å². The third-order valence-electron chi connectivity index (χ3n) is 3.52. The highest BCUT2D eigenvalue weighted by molar-refractivity contribution is 6.33. The van der Waals surface area contributed by atoms with Gasteiger partial charge in [-0.05, 0) is 32.0 Å². The lowest BCUT2D eigenvalue weighted by molar-refractivity contribution is 0.0782. The summed E-state index contributed by atoms with van der Waals surface area (Å²) >= 11 is 5.97. The number of carbonyl (C=O) groups is 1. The molecule has 2 heterocycles. The molecular formula is C13H20ClN5O. The number of nitrogens with zero attached hydrogens (tertiary/aromatic N) is 3. The predicted octanol–water partition coefficient (Wildman–Crippen LogP) is 1.19. The van der Waals surface area contributed by atoms with Gasteiger partial charge in [-0.3, -0.25) is 4.79 Å². The average molecular weight is 298 g/mol. The van der Waals surface area contributed by atoms with Crippen LogP contribution in [0.3, 0.4) is 0 Å². The van der Waals surface area contributed by atoms with Crippen LogP contribution < -0.4 is 11.3 Å². The van der Waals surface area contributed by atoms with Crippen molar-refractivity contribution in [1.29, 1.82) is 0 Å². The Labute approximate surface area is 123 Å². The summed E-state index contributed by atoms with van der Waals surface area (Å²) in [5, 5.41) is 0.339. The Kier molecular flexibility index (Phi) is 5.17. The fraction of sp³-hybridized carbons (Fsp3) is 0.538. The molecule has 3 N–H and O–H groups in total. The number of likely N-dealkylation sites (N-methyl/N-ethyl adjacent to an activating group) is 1. The maximum Gasteiger partial charge on any atom is 0.255 e. The Balaban J connectivity index is 1.93. The number of aromatic nitrogens is 1. The fourth-order valence-electron chi connectivity index (χ4n) is 2.28. The molecular weight excluding hydrogens is 278 g/mol. The number of hydrazine groups is 1. The molecule has 0 unspecified atom stereocenters. The Hall–Kier alpha value is -1.37. The van der Waals surface area contributed by atoms with Crippen LogP contribution in [0.2, 0.25) is 5.02 Å². The van der Waals surface area contributed by atoms with Crippen molar-refractivity contribution in [2.75, 3.05) is 38.7 Å². The van der Waals surface area contributed by atoms with Crippen LogP contribution in [0.4, 0.5) is 5.82 Å². The smallest absolute Gasteiger partial charge is 0.255 e. The molecule has 0 aliphatic carbocycles. The zero-order valence-electron chi connectivity index (χ0n) is 11.6. The minimum absolute atomic E-state index is 0.0813. The number of hydrogen-bond acceptors (Lipinski definition) is 5. The van der Waals surface area contributed by atoms with Crippen molar-refractivity contribution >= 4 is 23.3 Å². The number of hydrogen-bond donors (Lipinski definition) is 2. The molecule has 2 rings (SSSR count). The molecule has 1 saturated heterocycles. The molecule has 1 aromatic heterocycles. The van der Waals surface area contributed by atoms with Gasteiger partial charge in [-0.1, -0.05) is 11.6 Å². The molecule has 1 aliphatic rings. The van der Waals surface area contributed by atoms with Crippen molar-refractivity contribution in [2.45, 2.75) is 12.8 Å².